The van der Waals surface area contributed by atoms with Crippen molar-refractivity contribution in [2.75, 3.05) is 25.6 Å². The average molecular weight is 378 g/mol. The minimum atomic E-state index is -3.64. The summed E-state index contributed by atoms with van der Waals surface area (Å²) < 4.78 is 36.9. The normalized spacial score (nSPS) is 11.0. The Morgan fingerprint density at radius 3 is 2.46 bits per heavy atom. The molecule has 0 aliphatic carbocycles. The molecule has 0 unspecified atom stereocenters. The topological polar surface area (TPSA) is 93.7 Å². The Morgan fingerprint density at radius 1 is 1.08 bits per heavy atom. The number of ether oxygens (including phenoxy) is 2. The first-order chi connectivity index (χ1) is 12.4. The Bertz CT molecular complexity index is 835. The zero-order chi connectivity index (χ0) is 19.0. The van der Waals surface area contributed by atoms with Crippen molar-refractivity contribution in [3.05, 3.63) is 54.1 Å². The summed E-state index contributed by atoms with van der Waals surface area (Å²) in [5.41, 5.74) is 1.13. The quantitative estimate of drug-likeness (QED) is 0.697. The van der Waals surface area contributed by atoms with Crippen molar-refractivity contribution < 1.29 is 22.7 Å². The highest BCUT2D eigenvalue weighted by Gasteiger charge is 2.14. The second-order valence-electron chi connectivity index (χ2n) is 5.44. The van der Waals surface area contributed by atoms with Crippen LogP contribution in [0.25, 0.3) is 0 Å². The largest absolute Gasteiger partial charge is 0.497 e. The molecule has 0 aromatic heterocycles. The van der Waals surface area contributed by atoms with Gasteiger partial charge < -0.3 is 14.8 Å². The van der Waals surface area contributed by atoms with Crippen molar-refractivity contribution in [3.63, 3.8) is 0 Å². The maximum atomic E-state index is 12.1. The van der Waals surface area contributed by atoms with Gasteiger partial charge in [-0.1, -0.05) is 18.2 Å². The van der Waals surface area contributed by atoms with Crippen molar-refractivity contribution in [2.45, 2.75) is 12.7 Å². The fourth-order valence-corrected chi connectivity index (χ4v) is 3.28. The SMILES string of the molecule is CCOc1ccc(CS(=O)(=O)NCC(=O)Nc2cccc(OC)c2)cc1. The van der Waals surface area contributed by atoms with Crippen LogP contribution in [0.15, 0.2) is 48.5 Å². The molecule has 0 heterocycles. The molecule has 2 rings (SSSR count). The van der Waals surface area contributed by atoms with Crippen LogP contribution in [0.5, 0.6) is 11.5 Å². The zero-order valence-electron chi connectivity index (χ0n) is 14.7. The van der Waals surface area contributed by atoms with Gasteiger partial charge in [-0.15, -0.1) is 0 Å². The van der Waals surface area contributed by atoms with Gasteiger partial charge in [-0.25, -0.2) is 13.1 Å². The van der Waals surface area contributed by atoms with Gasteiger partial charge in [0.15, 0.2) is 0 Å². The molecule has 2 aromatic carbocycles. The van der Waals surface area contributed by atoms with Gasteiger partial charge in [-0.3, -0.25) is 4.79 Å². The third-order valence-corrected chi connectivity index (χ3v) is 4.69. The van der Waals surface area contributed by atoms with Crippen molar-refractivity contribution in [3.8, 4) is 11.5 Å². The highest BCUT2D eigenvalue weighted by Crippen LogP contribution is 2.16. The van der Waals surface area contributed by atoms with Crippen molar-refractivity contribution in [1.29, 1.82) is 0 Å². The Morgan fingerprint density at radius 2 is 1.81 bits per heavy atom. The molecule has 140 valence electrons. The molecule has 0 saturated carbocycles. The maximum absolute atomic E-state index is 12.1. The molecule has 2 aromatic rings. The van der Waals surface area contributed by atoms with E-state index in [4.69, 9.17) is 9.47 Å². The standard InChI is InChI=1S/C18H22N2O5S/c1-3-25-16-9-7-14(8-10-16)13-26(22,23)19-12-18(21)20-15-5-4-6-17(11-15)24-2/h4-11,19H,3,12-13H2,1-2H3,(H,20,21). The fourth-order valence-electron chi connectivity index (χ4n) is 2.20. The van der Waals surface area contributed by atoms with Gasteiger partial charge in [0.1, 0.15) is 11.5 Å². The molecule has 7 nitrogen and oxygen atoms in total. The van der Waals surface area contributed by atoms with E-state index in [1.165, 1.54) is 7.11 Å². The first-order valence-corrected chi connectivity index (χ1v) is 9.70. The van der Waals surface area contributed by atoms with E-state index in [1.807, 2.05) is 6.92 Å². The monoisotopic (exact) mass is 378 g/mol. The summed E-state index contributed by atoms with van der Waals surface area (Å²) in [5, 5.41) is 2.61. The Labute approximate surface area is 153 Å². The van der Waals surface area contributed by atoms with Crippen LogP contribution >= 0.6 is 0 Å². The summed E-state index contributed by atoms with van der Waals surface area (Å²) in [7, 11) is -2.11. The predicted molar refractivity (Wildman–Crippen MR) is 99.9 cm³/mol. The van der Waals surface area contributed by atoms with Crippen LogP contribution in [0.1, 0.15) is 12.5 Å². The van der Waals surface area contributed by atoms with Crippen LogP contribution in [0.2, 0.25) is 0 Å². The Hall–Kier alpha value is -2.58. The number of sulfonamides is 1. The number of benzene rings is 2. The minimum absolute atomic E-state index is 0.216. The number of amides is 1. The lowest BCUT2D eigenvalue weighted by atomic mass is 10.2. The molecular formula is C18H22N2O5S. The molecule has 0 atom stereocenters. The van der Waals surface area contributed by atoms with E-state index >= 15 is 0 Å². The molecule has 0 aliphatic heterocycles. The lowest BCUT2D eigenvalue weighted by Crippen LogP contribution is -2.33. The molecule has 8 heteroatoms. The highest BCUT2D eigenvalue weighted by molar-refractivity contribution is 7.88. The number of hydrogen-bond acceptors (Lipinski definition) is 5. The van der Waals surface area contributed by atoms with Crippen LogP contribution in [0, 0.1) is 0 Å². The highest BCUT2D eigenvalue weighted by atomic mass is 32.2. The van der Waals surface area contributed by atoms with Gasteiger partial charge in [-0.2, -0.15) is 0 Å². The first-order valence-electron chi connectivity index (χ1n) is 8.05. The number of hydrogen-bond donors (Lipinski definition) is 2. The van der Waals surface area contributed by atoms with Gasteiger partial charge in [0, 0.05) is 11.8 Å². The molecule has 2 N–H and O–H groups in total. The van der Waals surface area contributed by atoms with Crippen LogP contribution in [0.4, 0.5) is 5.69 Å². The van der Waals surface area contributed by atoms with Crippen LogP contribution in [-0.2, 0) is 20.6 Å². The summed E-state index contributed by atoms with van der Waals surface area (Å²) in [6, 6.07) is 13.6. The summed E-state index contributed by atoms with van der Waals surface area (Å²) >= 11 is 0. The van der Waals surface area contributed by atoms with Crippen LogP contribution < -0.4 is 19.5 Å². The number of anilines is 1. The van der Waals surface area contributed by atoms with E-state index in [2.05, 4.69) is 10.0 Å². The van der Waals surface area contributed by atoms with Gasteiger partial charge in [0.05, 0.1) is 26.0 Å². The van der Waals surface area contributed by atoms with Gasteiger partial charge >= 0.3 is 0 Å². The molecule has 0 bridgehead atoms. The van der Waals surface area contributed by atoms with E-state index in [0.717, 1.165) is 0 Å². The molecule has 0 spiro atoms. The van der Waals surface area contributed by atoms with Crippen molar-refractivity contribution >= 4 is 21.6 Å². The number of carbonyl (C=O) groups is 1. The molecule has 0 saturated heterocycles. The molecule has 26 heavy (non-hydrogen) atoms. The molecule has 0 fully saturated rings. The lowest BCUT2D eigenvalue weighted by Gasteiger charge is -2.09. The minimum Gasteiger partial charge on any atom is -0.497 e. The molecule has 0 radical (unpaired) electrons. The number of nitrogens with one attached hydrogen (secondary N) is 2. The van der Waals surface area contributed by atoms with E-state index in [1.54, 1.807) is 48.5 Å². The van der Waals surface area contributed by atoms with E-state index in [0.29, 0.717) is 29.4 Å². The number of rotatable bonds is 9. The second kappa shape index (κ2) is 9.21. The predicted octanol–water partition coefficient (Wildman–Crippen LogP) is 2.15. The summed E-state index contributed by atoms with van der Waals surface area (Å²) in [5.74, 6) is 0.595. The van der Waals surface area contributed by atoms with E-state index in [-0.39, 0.29) is 12.3 Å². The lowest BCUT2D eigenvalue weighted by molar-refractivity contribution is -0.115. The van der Waals surface area contributed by atoms with Gasteiger partial charge in [0.25, 0.3) is 0 Å². The third kappa shape index (κ3) is 6.38. The van der Waals surface area contributed by atoms with Crippen LogP contribution in [0.3, 0.4) is 0 Å². The molecule has 0 aliphatic rings. The number of carbonyl (C=O) groups excluding carboxylic acids is 1. The van der Waals surface area contributed by atoms with E-state index in [9.17, 15) is 13.2 Å². The number of methoxy groups -OCH3 is 1. The van der Waals surface area contributed by atoms with Crippen molar-refractivity contribution in [1.82, 2.24) is 4.72 Å². The molecular weight excluding hydrogens is 356 g/mol. The smallest absolute Gasteiger partial charge is 0.239 e. The third-order valence-electron chi connectivity index (χ3n) is 3.40. The Balaban J connectivity index is 1.87. The van der Waals surface area contributed by atoms with Gasteiger partial charge in [-0.05, 0) is 36.8 Å². The van der Waals surface area contributed by atoms with E-state index < -0.39 is 15.9 Å². The van der Waals surface area contributed by atoms with Crippen molar-refractivity contribution in [2.24, 2.45) is 0 Å². The van der Waals surface area contributed by atoms with Crippen LogP contribution in [-0.4, -0.2) is 34.6 Å². The molecule has 1 amide bonds. The summed E-state index contributed by atoms with van der Waals surface area (Å²) in [6.07, 6.45) is 0. The second-order valence-corrected chi connectivity index (χ2v) is 7.24. The van der Waals surface area contributed by atoms with Gasteiger partial charge in [0.2, 0.25) is 15.9 Å². The zero-order valence-corrected chi connectivity index (χ0v) is 15.5. The average Bonchev–Trinajstić information content (AvgIpc) is 2.62. The maximum Gasteiger partial charge on any atom is 0.239 e. The summed E-state index contributed by atoms with van der Waals surface area (Å²) in [4.78, 5) is 11.9. The fraction of sp³-hybridized carbons (Fsp3) is 0.278. The first kappa shape index (κ1) is 19.7. The summed E-state index contributed by atoms with van der Waals surface area (Å²) in [6.45, 7) is 2.07. The Kier molecular flexibility index (Phi) is 6.99.